The van der Waals surface area contributed by atoms with Gasteiger partial charge in [-0.2, -0.15) is 5.10 Å². The van der Waals surface area contributed by atoms with Crippen LogP contribution in [-0.4, -0.2) is 21.4 Å². The molecule has 2 aromatic heterocycles. The number of rotatable bonds is 4. The van der Waals surface area contributed by atoms with E-state index in [1.54, 1.807) is 12.4 Å². The summed E-state index contributed by atoms with van der Waals surface area (Å²) in [5.74, 6) is 0.657. The molecule has 4 rings (SSSR count). The first-order valence-electron chi connectivity index (χ1n) is 8.79. The number of hydrogen-bond donors (Lipinski definition) is 0. The van der Waals surface area contributed by atoms with Gasteiger partial charge in [-0.05, 0) is 44.4 Å². The average Bonchev–Trinajstić information content (AvgIpc) is 2.99. The smallest absolute Gasteiger partial charge is 0.159 e. The second kappa shape index (κ2) is 7.84. The van der Waals surface area contributed by atoms with Crippen molar-refractivity contribution >= 4 is 45.7 Å². The predicted molar refractivity (Wildman–Crippen MR) is 107 cm³/mol. The lowest BCUT2D eigenvalue weighted by Crippen LogP contribution is -2.19. The zero-order valence-electron chi connectivity index (χ0n) is 14.7. The highest BCUT2D eigenvalue weighted by atomic mass is 35.5. The first kappa shape index (κ1) is 18.8. The van der Waals surface area contributed by atoms with E-state index in [0.717, 1.165) is 36.8 Å². The van der Waals surface area contributed by atoms with Gasteiger partial charge in [0.15, 0.2) is 11.4 Å². The van der Waals surface area contributed by atoms with Crippen LogP contribution < -0.4 is 4.74 Å². The number of aromatic nitrogens is 3. The minimum Gasteiger partial charge on any atom is -0.486 e. The van der Waals surface area contributed by atoms with Gasteiger partial charge < -0.3 is 9.47 Å². The van der Waals surface area contributed by atoms with E-state index < -0.39 is 0 Å². The van der Waals surface area contributed by atoms with E-state index in [0.29, 0.717) is 26.5 Å². The molecule has 0 saturated carbocycles. The Bertz CT molecular complexity index is 950. The molecule has 0 radical (unpaired) electrons. The fraction of sp³-hybridized carbons (Fsp3) is 0.368. The number of halogens is 3. The minimum absolute atomic E-state index is 0.0751. The average molecular weight is 427 g/mol. The number of fused-ring (bicyclic) bond motifs is 1. The quantitative estimate of drug-likeness (QED) is 0.496. The van der Waals surface area contributed by atoms with Crippen molar-refractivity contribution in [3.63, 3.8) is 0 Å². The topological polar surface area (TPSA) is 49.2 Å². The molecule has 1 fully saturated rings. The molecule has 3 aromatic rings. The third-order valence-corrected chi connectivity index (χ3v) is 5.55. The largest absolute Gasteiger partial charge is 0.486 e. The molecule has 0 aliphatic carbocycles. The molecule has 1 aliphatic heterocycles. The number of hydrogen-bond acceptors (Lipinski definition) is 4. The molecule has 8 heteroatoms. The van der Waals surface area contributed by atoms with Crippen LogP contribution in [0.2, 0.25) is 15.2 Å². The van der Waals surface area contributed by atoms with E-state index in [1.807, 2.05) is 29.8 Å². The van der Waals surface area contributed by atoms with Gasteiger partial charge in [0, 0.05) is 30.0 Å². The highest BCUT2D eigenvalue weighted by Crippen LogP contribution is 2.35. The molecule has 0 bridgehead atoms. The fourth-order valence-corrected chi connectivity index (χ4v) is 4.27. The molecule has 3 heterocycles. The Morgan fingerprint density at radius 3 is 2.67 bits per heavy atom. The molecule has 0 N–H and O–H groups in total. The Balaban J connectivity index is 1.63. The molecular weight excluding hydrogens is 409 g/mol. The molecule has 1 saturated heterocycles. The normalized spacial score (nSPS) is 18.6. The van der Waals surface area contributed by atoms with Crippen LogP contribution in [0.3, 0.4) is 0 Å². The van der Waals surface area contributed by atoms with Crippen LogP contribution in [-0.2, 0) is 4.74 Å². The Kier molecular flexibility index (Phi) is 5.46. The molecule has 0 amide bonds. The van der Waals surface area contributed by atoms with Gasteiger partial charge in [-0.1, -0.05) is 34.8 Å². The first-order chi connectivity index (χ1) is 13.0. The summed E-state index contributed by atoms with van der Waals surface area (Å²) in [7, 11) is 0. The maximum atomic E-state index is 6.38. The SMILES string of the molecule is CC(Oc1ccc2c(c1)c(Cl)nn2C1CCCCO1)c1c(Cl)cncc1Cl. The van der Waals surface area contributed by atoms with Gasteiger partial charge in [0.05, 0.1) is 15.6 Å². The Morgan fingerprint density at radius 2 is 1.96 bits per heavy atom. The molecule has 142 valence electrons. The second-order valence-corrected chi connectivity index (χ2v) is 7.68. The van der Waals surface area contributed by atoms with Gasteiger partial charge in [0.1, 0.15) is 11.9 Å². The van der Waals surface area contributed by atoms with E-state index in [2.05, 4.69) is 10.1 Å². The van der Waals surface area contributed by atoms with E-state index in [9.17, 15) is 0 Å². The first-order valence-corrected chi connectivity index (χ1v) is 9.93. The summed E-state index contributed by atoms with van der Waals surface area (Å²) in [5.41, 5.74) is 1.62. The van der Waals surface area contributed by atoms with Crippen LogP contribution in [0.25, 0.3) is 10.9 Å². The summed E-state index contributed by atoms with van der Waals surface area (Å²) in [4.78, 5) is 3.97. The molecule has 27 heavy (non-hydrogen) atoms. The summed E-state index contributed by atoms with van der Waals surface area (Å²) >= 11 is 18.8. The van der Waals surface area contributed by atoms with E-state index in [4.69, 9.17) is 44.3 Å². The predicted octanol–water partition coefficient (Wildman–Crippen LogP) is 6.23. The maximum absolute atomic E-state index is 6.38. The van der Waals surface area contributed by atoms with Gasteiger partial charge in [-0.3, -0.25) is 4.98 Å². The van der Waals surface area contributed by atoms with E-state index in [-0.39, 0.29) is 12.3 Å². The maximum Gasteiger partial charge on any atom is 0.159 e. The second-order valence-electron chi connectivity index (χ2n) is 6.51. The van der Waals surface area contributed by atoms with Gasteiger partial charge in [0.25, 0.3) is 0 Å². The van der Waals surface area contributed by atoms with Crippen molar-refractivity contribution in [1.29, 1.82) is 0 Å². The van der Waals surface area contributed by atoms with E-state index in [1.165, 1.54) is 0 Å². The van der Waals surface area contributed by atoms with Gasteiger partial charge >= 0.3 is 0 Å². The third-order valence-electron chi connectivity index (χ3n) is 4.67. The van der Waals surface area contributed by atoms with Crippen molar-refractivity contribution in [3.8, 4) is 5.75 Å². The van der Waals surface area contributed by atoms with Crippen LogP contribution in [0, 0.1) is 0 Å². The lowest BCUT2D eigenvalue weighted by atomic mass is 10.1. The van der Waals surface area contributed by atoms with Crippen LogP contribution in [0.15, 0.2) is 30.6 Å². The van der Waals surface area contributed by atoms with Crippen molar-refractivity contribution in [1.82, 2.24) is 14.8 Å². The highest BCUT2D eigenvalue weighted by Gasteiger charge is 2.21. The summed E-state index contributed by atoms with van der Waals surface area (Å²) < 4.78 is 13.8. The Labute approximate surface area is 172 Å². The molecule has 2 unspecified atom stereocenters. The van der Waals surface area contributed by atoms with Crippen molar-refractivity contribution in [3.05, 3.63) is 51.4 Å². The third kappa shape index (κ3) is 3.74. The van der Waals surface area contributed by atoms with E-state index >= 15 is 0 Å². The highest BCUT2D eigenvalue weighted by molar-refractivity contribution is 6.36. The van der Waals surface area contributed by atoms with Crippen molar-refractivity contribution in [2.75, 3.05) is 6.61 Å². The van der Waals surface area contributed by atoms with Crippen LogP contribution in [0.5, 0.6) is 5.75 Å². The molecular formula is C19H18Cl3N3O2. The summed E-state index contributed by atoms with van der Waals surface area (Å²) in [6, 6.07) is 5.71. The number of nitrogens with zero attached hydrogens (tertiary/aromatic N) is 3. The van der Waals surface area contributed by atoms with Crippen molar-refractivity contribution < 1.29 is 9.47 Å². The van der Waals surface area contributed by atoms with Crippen LogP contribution in [0.1, 0.15) is 44.1 Å². The summed E-state index contributed by atoms with van der Waals surface area (Å²) in [5, 5.41) is 6.66. The van der Waals surface area contributed by atoms with Crippen molar-refractivity contribution in [2.24, 2.45) is 0 Å². The lowest BCUT2D eigenvalue weighted by Gasteiger charge is -2.23. The monoisotopic (exact) mass is 425 g/mol. The van der Waals surface area contributed by atoms with Gasteiger partial charge in [-0.15, -0.1) is 0 Å². The van der Waals surface area contributed by atoms with Gasteiger partial charge in [-0.25, -0.2) is 4.68 Å². The van der Waals surface area contributed by atoms with Crippen LogP contribution >= 0.6 is 34.8 Å². The molecule has 1 aromatic carbocycles. The van der Waals surface area contributed by atoms with Crippen LogP contribution in [0.4, 0.5) is 0 Å². The number of benzene rings is 1. The van der Waals surface area contributed by atoms with Crippen molar-refractivity contribution in [2.45, 2.75) is 38.5 Å². The van der Waals surface area contributed by atoms with Gasteiger partial charge in [0.2, 0.25) is 0 Å². The minimum atomic E-state index is -0.346. The number of ether oxygens (including phenoxy) is 2. The molecule has 5 nitrogen and oxygen atoms in total. The molecule has 2 atom stereocenters. The Morgan fingerprint density at radius 1 is 1.19 bits per heavy atom. The zero-order chi connectivity index (χ0) is 19.0. The molecule has 0 spiro atoms. The molecule has 1 aliphatic rings. The number of pyridine rings is 1. The fourth-order valence-electron chi connectivity index (χ4n) is 3.36. The lowest BCUT2D eigenvalue weighted by molar-refractivity contribution is -0.0366. The standard InChI is InChI=1S/C19H18Cl3N3O2/c1-11(18-14(20)9-23-10-15(18)21)27-12-5-6-16-13(8-12)19(22)24-25(16)17-4-2-3-7-26-17/h5-6,8-11,17H,2-4,7H2,1H3. The summed E-state index contributed by atoms with van der Waals surface area (Å²) in [6.45, 7) is 2.63. The zero-order valence-corrected chi connectivity index (χ0v) is 16.9. The Hall–Kier alpha value is -1.53. The summed E-state index contributed by atoms with van der Waals surface area (Å²) in [6.07, 6.45) is 5.82.